The molecule has 1 rings (SSSR count). The Hall–Kier alpha value is -0.610. The van der Waals surface area contributed by atoms with Crippen molar-refractivity contribution in [3.8, 4) is 0 Å². The molecule has 1 heterocycles. The van der Waals surface area contributed by atoms with Gasteiger partial charge in [-0.25, -0.2) is 4.79 Å². The smallest absolute Gasteiger partial charge is 0.364 e. The maximum atomic E-state index is 10.4. The van der Waals surface area contributed by atoms with Crippen molar-refractivity contribution < 1.29 is 19.4 Å². The monoisotopic (exact) mass is 146 g/mol. The van der Waals surface area contributed by atoms with Gasteiger partial charge in [-0.1, -0.05) is 0 Å². The zero-order valence-corrected chi connectivity index (χ0v) is 5.79. The number of carbonyl (C=O) groups is 1. The van der Waals surface area contributed by atoms with Crippen LogP contribution in [0.4, 0.5) is 0 Å². The summed E-state index contributed by atoms with van der Waals surface area (Å²) in [5.41, 5.74) is 0. The first kappa shape index (κ1) is 7.50. The second-order valence-electron chi connectivity index (χ2n) is 2.30. The Morgan fingerprint density at radius 2 is 2.00 bits per heavy atom. The Kier molecular flexibility index (Phi) is 1.92. The molecule has 0 aromatic carbocycles. The minimum absolute atomic E-state index is 0.461. The maximum absolute atomic E-state index is 10.4. The van der Waals surface area contributed by atoms with Gasteiger partial charge < -0.3 is 14.6 Å². The number of rotatable bonds is 1. The maximum Gasteiger partial charge on any atom is 0.364 e. The molecule has 0 bridgehead atoms. The van der Waals surface area contributed by atoms with E-state index in [9.17, 15) is 4.79 Å². The highest BCUT2D eigenvalue weighted by molar-refractivity contribution is 5.75. The summed E-state index contributed by atoms with van der Waals surface area (Å²) in [5, 5.41) is 8.55. The van der Waals surface area contributed by atoms with Crippen LogP contribution in [0.1, 0.15) is 13.3 Å². The molecule has 0 atom stereocenters. The molecule has 1 aliphatic heterocycles. The highest BCUT2D eigenvalue weighted by Crippen LogP contribution is 2.17. The summed E-state index contributed by atoms with van der Waals surface area (Å²) in [5.74, 6) is -2.47. The molecule has 0 saturated carbocycles. The first-order valence-corrected chi connectivity index (χ1v) is 3.16. The third-order valence-corrected chi connectivity index (χ3v) is 1.43. The van der Waals surface area contributed by atoms with Gasteiger partial charge in [0.1, 0.15) is 0 Å². The Balaban J connectivity index is 2.56. The zero-order chi connectivity index (χ0) is 7.61. The van der Waals surface area contributed by atoms with Gasteiger partial charge in [0, 0.05) is 6.92 Å². The number of hydrogen-bond donors (Lipinski definition) is 1. The molecule has 0 radical (unpaired) electrons. The predicted molar refractivity (Wildman–Crippen MR) is 32.6 cm³/mol. The Morgan fingerprint density at radius 1 is 1.50 bits per heavy atom. The third-order valence-electron chi connectivity index (χ3n) is 1.43. The second kappa shape index (κ2) is 2.56. The van der Waals surface area contributed by atoms with Crippen LogP contribution in [0, 0.1) is 0 Å². The molecule has 1 N–H and O–H groups in total. The Morgan fingerprint density at radius 3 is 2.30 bits per heavy atom. The lowest BCUT2D eigenvalue weighted by molar-refractivity contribution is -0.257. The van der Waals surface area contributed by atoms with E-state index in [0.717, 1.165) is 6.42 Å². The van der Waals surface area contributed by atoms with Crippen molar-refractivity contribution in [3.63, 3.8) is 0 Å². The van der Waals surface area contributed by atoms with Gasteiger partial charge in [-0.05, 0) is 6.42 Å². The van der Waals surface area contributed by atoms with Gasteiger partial charge in [0.15, 0.2) is 0 Å². The molecule has 0 amide bonds. The molecule has 4 heteroatoms. The van der Waals surface area contributed by atoms with Crippen LogP contribution in [0.5, 0.6) is 0 Å². The molecule has 1 aliphatic rings. The van der Waals surface area contributed by atoms with Crippen molar-refractivity contribution in [1.82, 2.24) is 0 Å². The summed E-state index contributed by atoms with van der Waals surface area (Å²) >= 11 is 0. The number of ether oxygens (including phenoxy) is 2. The lowest BCUT2D eigenvalue weighted by atomic mass is 10.3. The summed E-state index contributed by atoms with van der Waals surface area (Å²) in [6, 6.07) is 0. The fraction of sp³-hybridized carbons (Fsp3) is 0.833. The van der Waals surface area contributed by atoms with Crippen molar-refractivity contribution in [3.05, 3.63) is 0 Å². The van der Waals surface area contributed by atoms with Crippen LogP contribution in [0.15, 0.2) is 0 Å². The van der Waals surface area contributed by atoms with E-state index in [2.05, 4.69) is 0 Å². The topological polar surface area (TPSA) is 55.8 Å². The van der Waals surface area contributed by atoms with E-state index < -0.39 is 11.8 Å². The SMILES string of the molecule is CC1(C(=O)O)OCCCO1. The molecule has 58 valence electrons. The average molecular weight is 146 g/mol. The van der Waals surface area contributed by atoms with Gasteiger partial charge >= 0.3 is 5.97 Å². The molecule has 1 saturated heterocycles. The third kappa shape index (κ3) is 1.27. The molecule has 1 fully saturated rings. The molecule has 0 aromatic rings. The lowest BCUT2D eigenvalue weighted by Gasteiger charge is -2.29. The minimum Gasteiger partial charge on any atom is -0.477 e. The fourth-order valence-corrected chi connectivity index (χ4v) is 0.758. The molecular weight excluding hydrogens is 136 g/mol. The van der Waals surface area contributed by atoms with E-state index in [0.29, 0.717) is 13.2 Å². The van der Waals surface area contributed by atoms with E-state index in [1.54, 1.807) is 0 Å². The predicted octanol–water partition coefficient (Wildman–Crippen LogP) is 0.224. The number of aliphatic carboxylic acids is 1. The number of carboxylic acid groups (broad SMARTS) is 1. The van der Waals surface area contributed by atoms with E-state index in [1.165, 1.54) is 6.92 Å². The lowest BCUT2D eigenvalue weighted by Crippen LogP contribution is -2.44. The molecule has 10 heavy (non-hydrogen) atoms. The van der Waals surface area contributed by atoms with E-state index >= 15 is 0 Å². The first-order valence-electron chi connectivity index (χ1n) is 3.16. The largest absolute Gasteiger partial charge is 0.477 e. The quantitative estimate of drug-likeness (QED) is 0.575. The molecule has 0 unspecified atom stereocenters. The van der Waals surface area contributed by atoms with Crippen LogP contribution in [0.3, 0.4) is 0 Å². The highest BCUT2D eigenvalue weighted by Gasteiger charge is 2.37. The zero-order valence-electron chi connectivity index (χ0n) is 5.79. The van der Waals surface area contributed by atoms with Crippen molar-refractivity contribution in [2.75, 3.05) is 13.2 Å². The van der Waals surface area contributed by atoms with E-state index in [1.807, 2.05) is 0 Å². The van der Waals surface area contributed by atoms with Crippen molar-refractivity contribution >= 4 is 5.97 Å². The van der Waals surface area contributed by atoms with Crippen molar-refractivity contribution in [2.24, 2.45) is 0 Å². The van der Waals surface area contributed by atoms with Crippen molar-refractivity contribution in [1.29, 1.82) is 0 Å². The molecule has 0 aliphatic carbocycles. The average Bonchev–Trinajstić information content (AvgIpc) is 1.89. The molecule has 4 nitrogen and oxygen atoms in total. The highest BCUT2D eigenvalue weighted by atomic mass is 16.7. The first-order chi connectivity index (χ1) is 4.65. The van der Waals surface area contributed by atoms with Gasteiger partial charge in [0.2, 0.25) is 0 Å². The summed E-state index contributed by atoms with van der Waals surface area (Å²) in [4.78, 5) is 10.4. The summed E-state index contributed by atoms with van der Waals surface area (Å²) in [6.45, 7) is 2.33. The fourth-order valence-electron chi connectivity index (χ4n) is 0.758. The number of carboxylic acids is 1. The summed E-state index contributed by atoms with van der Waals surface area (Å²) in [6.07, 6.45) is 0.767. The van der Waals surface area contributed by atoms with Crippen LogP contribution in [-0.4, -0.2) is 30.1 Å². The van der Waals surface area contributed by atoms with Crippen LogP contribution < -0.4 is 0 Å². The molecule has 0 spiro atoms. The van der Waals surface area contributed by atoms with Gasteiger partial charge in [-0.2, -0.15) is 0 Å². The summed E-state index contributed by atoms with van der Waals surface area (Å²) < 4.78 is 9.81. The Labute approximate surface area is 58.7 Å². The van der Waals surface area contributed by atoms with Crippen LogP contribution in [0.2, 0.25) is 0 Å². The van der Waals surface area contributed by atoms with Crippen LogP contribution in [-0.2, 0) is 14.3 Å². The van der Waals surface area contributed by atoms with Gasteiger partial charge in [-0.3, -0.25) is 0 Å². The van der Waals surface area contributed by atoms with Crippen LogP contribution in [0.25, 0.3) is 0 Å². The van der Waals surface area contributed by atoms with Crippen molar-refractivity contribution in [2.45, 2.75) is 19.1 Å². The molecular formula is C6H10O4. The van der Waals surface area contributed by atoms with Crippen LogP contribution >= 0.6 is 0 Å². The van der Waals surface area contributed by atoms with E-state index in [4.69, 9.17) is 14.6 Å². The summed E-state index contributed by atoms with van der Waals surface area (Å²) in [7, 11) is 0. The molecule has 0 aromatic heterocycles. The van der Waals surface area contributed by atoms with Gasteiger partial charge in [0.05, 0.1) is 13.2 Å². The van der Waals surface area contributed by atoms with Gasteiger partial charge in [0.25, 0.3) is 5.79 Å². The second-order valence-corrected chi connectivity index (χ2v) is 2.30. The standard InChI is InChI=1S/C6H10O4/c1-6(5(7)8)9-3-2-4-10-6/h2-4H2,1H3,(H,7,8). The van der Waals surface area contributed by atoms with Gasteiger partial charge in [-0.15, -0.1) is 0 Å². The Bertz CT molecular complexity index is 137. The van der Waals surface area contributed by atoms with E-state index in [-0.39, 0.29) is 0 Å². The minimum atomic E-state index is -1.40. The normalized spacial score (nSPS) is 24.1. The number of hydrogen-bond acceptors (Lipinski definition) is 3.